The Kier molecular flexibility index (Phi) is 3.94. The standard InChI is InChI=1S/C14H20N4O2/c1-9-6-5-7-10(2)12(9)15-13(20)16-14-17(3)8-11(19)18(14)4/h5-7,14H,8H2,1-4H3,(H2,15,16,20). The van der Waals surface area contributed by atoms with Crippen molar-refractivity contribution < 1.29 is 9.59 Å². The fourth-order valence-electron chi connectivity index (χ4n) is 2.33. The molecule has 0 aliphatic carbocycles. The lowest BCUT2D eigenvalue weighted by Crippen LogP contribution is -2.51. The summed E-state index contributed by atoms with van der Waals surface area (Å²) in [7, 11) is 3.47. The topological polar surface area (TPSA) is 64.7 Å². The number of urea groups is 1. The average Bonchev–Trinajstić information content (AvgIpc) is 2.61. The van der Waals surface area contributed by atoms with E-state index in [1.807, 2.05) is 32.0 Å². The Labute approximate surface area is 118 Å². The van der Waals surface area contributed by atoms with Gasteiger partial charge in [0, 0.05) is 12.7 Å². The third kappa shape index (κ3) is 2.75. The maximum atomic E-state index is 12.1. The molecule has 108 valence electrons. The van der Waals surface area contributed by atoms with E-state index in [2.05, 4.69) is 10.6 Å². The molecule has 2 rings (SSSR count). The molecular weight excluding hydrogens is 256 g/mol. The number of benzene rings is 1. The Morgan fingerprint density at radius 1 is 1.25 bits per heavy atom. The average molecular weight is 276 g/mol. The van der Waals surface area contributed by atoms with Crippen molar-refractivity contribution in [2.75, 3.05) is 26.0 Å². The number of hydrogen-bond acceptors (Lipinski definition) is 3. The van der Waals surface area contributed by atoms with E-state index in [4.69, 9.17) is 0 Å². The van der Waals surface area contributed by atoms with Crippen LogP contribution in [-0.4, -0.2) is 48.7 Å². The molecule has 6 heteroatoms. The Hall–Kier alpha value is -2.08. The van der Waals surface area contributed by atoms with Crippen molar-refractivity contribution >= 4 is 17.6 Å². The van der Waals surface area contributed by atoms with Gasteiger partial charge in [-0.05, 0) is 32.0 Å². The van der Waals surface area contributed by atoms with E-state index in [9.17, 15) is 9.59 Å². The van der Waals surface area contributed by atoms with Gasteiger partial charge in [-0.15, -0.1) is 0 Å². The number of aryl methyl sites for hydroxylation is 2. The molecule has 1 atom stereocenters. The smallest absolute Gasteiger partial charge is 0.311 e. The number of nitrogens with one attached hydrogen (secondary N) is 2. The highest BCUT2D eigenvalue weighted by Crippen LogP contribution is 2.19. The van der Waals surface area contributed by atoms with Crippen molar-refractivity contribution in [3.8, 4) is 0 Å². The van der Waals surface area contributed by atoms with Gasteiger partial charge in [0.2, 0.25) is 5.91 Å². The van der Waals surface area contributed by atoms with Gasteiger partial charge in [-0.2, -0.15) is 0 Å². The highest BCUT2D eigenvalue weighted by Gasteiger charge is 2.33. The lowest BCUT2D eigenvalue weighted by atomic mass is 10.1. The third-order valence-electron chi connectivity index (χ3n) is 3.54. The third-order valence-corrected chi connectivity index (χ3v) is 3.54. The lowest BCUT2D eigenvalue weighted by Gasteiger charge is -2.25. The Morgan fingerprint density at radius 2 is 1.85 bits per heavy atom. The van der Waals surface area contributed by atoms with Gasteiger partial charge in [0.25, 0.3) is 0 Å². The molecule has 1 saturated heterocycles. The van der Waals surface area contributed by atoms with Crippen molar-refractivity contribution in [1.29, 1.82) is 0 Å². The molecule has 1 fully saturated rings. The number of carbonyl (C=O) groups is 2. The monoisotopic (exact) mass is 276 g/mol. The zero-order valence-electron chi connectivity index (χ0n) is 12.2. The first-order chi connectivity index (χ1) is 9.40. The molecule has 20 heavy (non-hydrogen) atoms. The van der Waals surface area contributed by atoms with Crippen molar-refractivity contribution in [2.24, 2.45) is 0 Å². The van der Waals surface area contributed by atoms with Crippen LogP contribution in [0.25, 0.3) is 0 Å². The van der Waals surface area contributed by atoms with Gasteiger partial charge < -0.3 is 15.5 Å². The molecule has 1 aromatic rings. The SMILES string of the molecule is Cc1cccc(C)c1NC(=O)NC1N(C)CC(=O)N1C. The maximum Gasteiger partial charge on any atom is 0.321 e. The van der Waals surface area contributed by atoms with Crippen LogP contribution in [-0.2, 0) is 4.79 Å². The van der Waals surface area contributed by atoms with Gasteiger partial charge >= 0.3 is 6.03 Å². The summed E-state index contributed by atoms with van der Waals surface area (Å²) in [6.07, 6.45) is -0.410. The second-order valence-corrected chi connectivity index (χ2v) is 5.16. The van der Waals surface area contributed by atoms with Crippen molar-refractivity contribution in [3.05, 3.63) is 29.3 Å². The van der Waals surface area contributed by atoms with Crippen LogP contribution in [0.15, 0.2) is 18.2 Å². The number of likely N-dealkylation sites (N-methyl/N-ethyl adjacent to an activating group) is 2. The van der Waals surface area contributed by atoms with Gasteiger partial charge in [0.05, 0.1) is 6.54 Å². The van der Waals surface area contributed by atoms with Crippen LogP contribution in [0, 0.1) is 13.8 Å². The van der Waals surface area contributed by atoms with E-state index in [-0.39, 0.29) is 11.9 Å². The van der Waals surface area contributed by atoms with Crippen LogP contribution < -0.4 is 10.6 Å². The van der Waals surface area contributed by atoms with Gasteiger partial charge in [-0.3, -0.25) is 9.69 Å². The van der Waals surface area contributed by atoms with Gasteiger partial charge in [0.1, 0.15) is 0 Å². The highest BCUT2D eigenvalue weighted by atomic mass is 16.2. The number of amides is 3. The second kappa shape index (κ2) is 5.50. The molecule has 6 nitrogen and oxygen atoms in total. The summed E-state index contributed by atoms with van der Waals surface area (Å²) in [5.74, 6) is -0.00938. The largest absolute Gasteiger partial charge is 0.321 e. The normalized spacial score (nSPS) is 19.3. The van der Waals surface area contributed by atoms with Crippen LogP contribution in [0.1, 0.15) is 11.1 Å². The molecule has 1 aliphatic heterocycles. The van der Waals surface area contributed by atoms with Crippen LogP contribution >= 0.6 is 0 Å². The Bertz CT molecular complexity index is 524. The van der Waals surface area contributed by atoms with Gasteiger partial charge in [-0.1, -0.05) is 18.2 Å². The Balaban J connectivity index is 2.05. The number of carbonyl (C=O) groups excluding carboxylic acids is 2. The number of hydrogen-bond donors (Lipinski definition) is 2. The minimum atomic E-state index is -0.410. The van der Waals surface area contributed by atoms with Crippen LogP contribution in [0.5, 0.6) is 0 Å². The van der Waals surface area contributed by atoms with E-state index in [0.717, 1.165) is 16.8 Å². The molecule has 1 unspecified atom stereocenters. The van der Waals surface area contributed by atoms with E-state index in [1.54, 1.807) is 19.0 Å². The fraction of sp³-hybridized carbons (Fsp3) is 0.429. The van der Waals surface area contributed by atoms with E-state index in [1.165, 1.54) is 4.90 Å². The fourth-order valence-corrected chi connectivity index (χ4v) is 2.33. The van der Waals surface area contributed by atoms with Gasteiger partial charge in [-0.25, -0.2) is 4.79 Å². The number of anilines is 1. The quantitative estimate of drug-likeness (QED) is 0.850. The molecule has 1 heterocycles. The van der Waals surface area contributed by atoms with Crippen LogP contribution in [0.3, 0.4) is 0 Å². The molecule has 1 aromatic carbocycles. The van der Waals surface area contributed by atoms with Crippen molar-refractivity contribution in [2.45, 2.75) is 20.1 Å². The zero-order chi connectivity index (χ0) is 14.9. The molecule has 0 spiro atoms. The first-order valence-corrected chi connectivity index (χ1v) is 6.50. The van der Waals surface area contributed by atoms with Crippen LogP contribution in [0.2, 0.25) is 0 Å². The molecule has 0 radical (unpaired) electrons. The molecule has 0 aromatic heterocycles. The van der Waals surface area contributed by atoms with E-state index < -0.39 is 6.29 Å². The van der Waals surface area contributed by atoms with Crippen molar-refractivity contribution in [3.63, 3.8) is 0 Å². The summed E-state index contributed by atoms with van der Waals surface area (Å²) in [5, 5.41) is 5.64. The summed E-state index contributed by atoms with van der Waals surface area (Å²) < 4.78 is 0. The first kappa shape index (κ1) is 14.3. The number of para-hydroxylation sites is 1. The molecule has 0 bridgehead atoms. The van der Waals surface area contributed by atoms with E-state index in [0.29, 0.717) is 6.54 Å². The number of rotatable bonds is 2. The molecular formula is C14H20N4O2. The zero-order valence-corrected chi connectivity index (χ0v) is 12.2. The predicted molar refractivity (Wildman–Crippen MR) is 77.3 cm³/mol. The highest BCUT2D eigenvalue weighted by molar-refractivity contribution is 5.91. The first-order valence-electron chi connectivity index (χ1n) is 6.50. The molecule has 3 amide bonds. The minimum absolute atomic E-state index is 0.00938. The summed E-state index contributed by atoms with van der Waals surface area (Å²) in [4.78, 5) is 26.9. The molecule has 2 N–H and O–H groups in total. The summed E-state index contributed by atoms with van der Waals surface area (Å²) in [6, 6.07) is 5.52. The summed E-state index contributed by atoms with van der Waals surface area (Å²) >= 11 is 0. The maximum absolute atomic E-state index is 12.1. The van der Waals surface area contributed by atoms with E-state index >= 15 is 0 Å². The lowest BCUT2D eigenvalue weighted by molar-refractivity contribution is -0.126. The van der Waals surface area contributed by atoms with Crippen molar-refractivity contribution in [1.82, 2.24) is 15.1 Å². The van der Waals surface area contributed by atoms with Crippen LogP contribution in [0.4, 0.5) is 10.5 Å². The Morgan fingerprint density at radius 3 is 2.35 bits per heavy atom. The molecule has 1 aliphatic rings. The number of nitrogens with zero attached hydrogens (tertiary/aromatic N) is 2. The predicted octanol–water partition coefficient (Wildman–Crippen LogP) is 1.11. The van der Waals surface area contributed by atoms with Gasteiger partial charge in [0.15, 0.2) is 6.29 Å². The molecule has 0 saturated carbocycles. The summed E-state index contributed by atoms with van der Waals surface area (Å²) in [6.45, 7) is 4.20. The minimum Gasteiger partial charge on any atom is -0.311 e. The second-order valence-electron chi connectivity index (χ2n) is 5.16. The summed E-state index contributed by atoms with van der Waals surface area (Å²) in [5.41, 5.74) is 2.81.